The number of halogens is 7. The quantitative estimate of drug-likeness (QED) is 0.118. The number of aromatic nitrogens is 3. The third kappa shape index (κ3) is 7.15. The molecule has 17 heteroatoms. The lowest BCUT2D eigenvalue weighted by atomic mass is 9.62. The van der Waals surface area contributed by atoms with Gasteiger partial charge in [-0.25, -0.2) is 13.6 Å². The molecule has 2 unspecified atom stereocenters. The number of aryl methyl sites for hydroxylation is 3. The Hall–Kier alpha value is -5.02. The van der Waals surface area contributed by atoms with Crippen molar-refractivity contribution in [3.8, 4) is 11.4 Å². The van der Waals surface area contributed by atoms with Gasteiger partial charge in [0.1, 0.15) is 5.75 Å². The third-order valence-electron chi connectivity index (χ3n) is 13.3. The van der Waals surface area contributed by atoms with Crippen molar-refractivity contribution in [3.05, 3.63) is 140 Å². The van der Waals surface area contributed by atoms with Crippen LogP contribution in [0.5, 0.6) is 5.75 Å². The topological polar surface area (TPSA) is 110 Å². The van der Waals surface area contributed by atoms with Crippen LogP contribution in [-0.4, -0.2) is 34.9 Å². The lowest BCUT2D eigenvalue weighted by Gasteiger charge is -2.45. The number of phosphoric ester groups is 1. The number of hydrogen-bond donors (Lipinski definition) is 2. The SMILES string of the molecule is CCc1cccc2c1-n1nc3c(c1C1(C)C2=CC(C)(F)c2c1ccn2C(=O)CC(C)(C)c1c(C)cc(C)cc1OP(=O)(O)O)CN(Cc1ccc(C(F)(F)F)cc1C(F)(F)F)C3(C)C. The van der Waals surface area contributed by atoms with Crippen molar-refractivity contribution < 1.29 is 54.4 Å². The van der Waals surface area contributed by atoms with Gasteiger partial charge in [0.25, 0.3) is 0 Å². The highest BCUT2D eigenvalue weighted by molar-refractivity contribution is 7.46. The second-order valence-electron chi connectivity index (χ2n) is 18.7. The van der Waals surface area contributed by atoms with Crippen LogP contribution in [-0.2, 0) is 58.5 Å². The molecular formula is C47H48F7N4O5P. The number of nitrogens with zero attached hydrogens (tertiary/aromatic N) is 4. The summed E-state index contributed by atoms with van der Waals surface area (Å²) >= 11 is 0. The average Bonchev–Trinajstić information content (AvgIpc) is 3.84. The van der Waals surface area contributed by atoms with E-state index < -0.39 is 59.2 Å². The van der Waals surface area contributed by atoms with Crippen molar-refractivity contribution in [3.63, 3.8) is 0 Å². The van der Waals surface area contributed by atoms with Crippen LogP contribution in [0.15, 0.2) is 66.9 Å². The standard InChI is InChI=1S/C47H48F7N4O5P/c1-10-27-12-11-13-30-34-21-44(8,48)41-32(16-17-57(41)36(59)22-42(4,5)37-26(3)18-25(2)19-35(37)63-64(60,61)62)45(34,9)40-31-24-56(43(6,7)39(31)55-58(40)38(27)30)23-28-14-15-29(46(49,50)51)20-33(28)47(52,53)54/h11-21H,10,22-24H2,1-9H3,(H2,60,61,62). The second kappa shape index (κ2) is 14.5. The zero-order valence-electron chi connectivity index (χ0n) is 36.7. The normalized spacial score (nSPS) is 20.6. The Bertz CT molecular complexity index is 2860. The summed E-state index contributed by atoms with van der Waals surface area (Å²) in [6, 6.07) is 12.4. The fourth-order valence-corrected chi connectivity index (χ4v) is 11.0. The molecule has 8 rings (SSSR count). The summed E-state index contributed by atoms with van der Waals surface area (Å²) in [5, 5.41) is 5.20. The molecule has 5 aromatic rings. The van der Waals surface area contributed by atoms with Crippen LogP contribution in [0.4, 0.5) is 30.7 Å². The van der Waals surface area contributed by atoms with Gasteiger partial charge in [-0.1, -0.05) is 51.1 Å². The molecule has 64 heavy (non-hydrogen) atoms. The minimum atomic E-state index is -5.07. The number of fused-ring (bicyclic) bond motifs is 10. The minimum Gasteiger partial charge on any atom is -0.404 e. The second-order valence-corrected chi connectivity index (χ2v) is 19.9. The van der Waals surface area contributed by atoms with Gasteiger partial charge in [-0.15, -0.1) is 0 Å². The molecule has 0 bridgehead atoms. The van der Waals surface area contributed by atoms with Gasteiger partial charge in [-0.2, -0.15) is 31.4 Å². The fourth-order valence-electron chi connectivity index (χ4n) is 10.6. The highest BCUT2D eigenvalue weighted by Gasteiger charge is 2.56. The van der Waals surface area contributed by atoms with Gasteiger partial charge in [0.05, 0.1) is 44.8 Å². The molecule has 2 atom stereocenters. The van der Waals surface area contributed by atoms with E-state index in [1.54, 1.807) is 52.5 Å². The molecule has 2 aromatic heterocycles. The lowest BCUT2D eigenvalue weighted by Crippen LogP contribution is -2.42. The number of alkyl halides is 7. The highest BCUT2D eigenvalue weighted by atomic mass is 31.2. The van der Waals surface area contributed by atoms with Crippen LogP contribution >= 0.6 is 7.82 Å². The van der Waals surface area contributed by atoms with Crippen LogP contribution in [0.1, 0.15) is 132 Å². The molecule has 0 fully saturated rings. The van der Waals surface area contributed by atoms with Crippen molar-refractivity contribution in [2.45, 2.75) is 123 Å². The minimum absolute atomic E-state index is 0.0491. The molecule has 2 aliphatic heterocycles. The number of para-hydroxylation sites is 1. The van der Waals surface area contributed by atoms with E-state index >= 15 is 4.39 Å². The highest BCUT2D eigenvalue weighted by Crippen LogP contribution is 2.60. The number of rotatable bonds is 8. The smallest absolute Gasteiger partial charge is 0.404 e. The van der Waals surface area contributed by atoms with Gasteiger partial charge in [-0.3, -0.25) is 24.0 Å². The molecule has 2 N–H and O–H groups in total. The molecule has 3 aliphatic rings. The summed E-state index contributed by atoms with van der Waals surface area (Å²) in [6.45, 7) is 15.5. The van der Waals surface area contributed by atoms with E-state index in [0.717, 1.165) is 17.3 Å². The molecular weight excluding hydrogens is 865 g/mol. The Morgan fingerprint density at radius 2 is 1.61 bits per heavy atom. The predicted octanol–water partition coefficient (Wildman–Crippen LogP) is 11.5. The first kappa shape index (κ1) is 45.5. The van der Waals surface area contributed by atoms with Crippen molar-refractivity contribution in [2.75, 3.05) is 0 Å². The maximum Gasteiger partial charge on any atom is 0.524 e. The Morgan fingerprint density at radius 3 is 2.23 bits per heavy atom. The largest absolute Gasteiger partial charge is 0.524 e. The molecule has 0 saturated carbocycles. The van der Waals surface area contributed by atoms with E-state index in [-0.39, 0.29) is 42.6 Å². The molecule has 0 saturated heterocycles. The zero-order chi connectivity index (χ0) is 47.1. The Kier molecular flexibility index (Phi) is 10.3. The van der Waals surface area contributed by atoms with Crippen molar-refractivity contribution in [1.82, 2.24) is 19.2 Å². The van der Waals surface area contributed by atoms with Crippen molar-refractivity contribution in [2.24, 2.45) is 0 Å². The number of hydrogen-bond acceptors (Lipinski definition) is 5. The van der Waals surface area contributed by atoms with Crippen molar-refractivity contribution >= 4 is 19.3 Å². The van der Waals surface area contributed by atoms with E-state index in [0.29, 0.717) is 62.8 Å². The Labute approximate surface area is 365 Å². The fraction of sp³-hybridized carbons (Fsp3) is 0.404. The summed E-state index contributed by atoms with van der Waals surface area (Å²) < 4.78 is 122. The number of allylic oxidation sites excluding steroid dienone is 2. The van der Waals surface area contributed by atoms with E-state index in [1.165, 1.54) is 29.8 Å². The first-order chi connectivity index (χ1) is 29.4. The molecule has 9 nitrogen and oxygen atoms in total. The van der Waals surface area contributed by atoms with Gasteiger partial charge >= 0.3 is 20.2 Å². The zero-order valence-corrected chi connectivity index (χ0v) is 37.6. The Balaban J connectivity index is 1.27. The first-order valence-corrected chi connectivity index (χ1v) is 22.3. The summed E-state index contributed by atoms with van der Waals surface area (Å²) in [5.74, 6) is -0.585. The van der Waals surface area contributed by atoms with E-state index in [4.69, 9.17) is 9.62 Å². The van der Waals surface area contributed by atoms with Crippen LogP contribution in [0.3, 0.4) is 0 Å². The third-order valence-corrected chi connectivity index (χ3v) is 13.8. The average molecular weight is 913 g/mol. The summed E-state index contributed by atoms with van der Waals surface area (Å²) in [5.41, 5.74) is -1.69. The summed E-state index contributed by atoms with van der Waals surface area (Å²) in [6.07, 6.45) is -6.68. The molecule has 4 heterocycles. The maximum atomic E-state index is 17.7. The van der Waals surface area contributed by atoms with Gasteiger partial charge in [0.15, 0.2) is 5.67 Å². The molecule has 1 aliphatic carbocycles. The summed E-state index contributed by atoms with van der Waals surface area (Å²) in [7, 11) is -5.00. The number of carbonyl (C=O) groups excluding carboxylic acids is 1. The maximum absolute atomic E-state index is 17.7. The molecule has 0 amide bonds. The molecule has 0 radical (unpaired) electrons. The first-order valence-electron chi connectivity index (χ1n) is 20.7. The van der Waals surface area contributed by atoms with Crippen LogP contribution in [0.25, 0.3) is 11.3 Å². The molecule has 340 valence electrons. The van der Waals surface area contributed by atoms with Crippen molar-refractivity contribution in [1.29, 1.82) is 0 Å². The summed E-state index contributed by atoms with van der Waals surface area (Å²) in [4.78, 5) is 35.9. The predicted molar refractivity (Wildman–Crippen MR) is 226 cm³/mol. The monoisotopic (exact) mass is 912 g/mol. The van der Waals surface area contributed by atoms with Gasteiger partial charge in [-0.05, 0) is 112 Å². The van der Waals surface area contributed by atoms with Crippen LogP contribution in [0, 0.1) is 13.8 Å². The molecule has 0 spiro atoms. The number of phosphoric acid groups is 1. The molecule has 3 aromatic carbocycles. The number of carbonyl (C=O) groups is 1. The van der Waals surface area contributed by atoms with E-state index in [1.807, 2.05) is 42.8 Å². The van der Waals surface area contributed by atoms with Gasteiger partial charge in [0.2, 0.25) is 5.91 Å². The van der Waals surface area contributed by atoms with Crippen LogP contribution < -0.4 is 4.52 Å². The lowest BCUT2D eigenvalue weighted by molar-refractivity contribution is -0.143. The van der Waals surface area contributed by atoms with E-state index in [9.17, 15) is 45.5 Å². The van der Waals surface area contributed by atoms with E-state index in [2.05, 4.69) is 0 Å². The van der Waals surface area contributed by atoms with Gasteiger partial charge in [0, 0.05) is 47.8 Å². The number of benzene rings is 3. The van der Waals surface area contributed by atoms with Gasteiger partial charge < -0.3 is 4.52 Å². The van der Waals surface area contributed by atoms with Crippen LogP contribution in [0.2, 0.25) is 0 Å². The Morgan fingerprint density at radius 1 is 0.922 bits per heavy atom.